The third kappa shape index (κ3) is 2.98. The van der Waals surface area contributed by atoms with Crippen LogP contribution in [0.4, 0.5) is 0 Å². The van der Waals surface area contributed by atoms with E-state index in [2.05, 4.69) is 25.9 Å². The number of halogens is 1. The molecule has 1 amide bonds. The molecule has 1 N–H and O–H groups in total. The fourth-order valence-corrected chi connectivity index (χ4v) is 2.02. The van der Waals surface area contributed by atoms with E-state index in [1.807, 2.05) is 25.1 Å². The van der Waals surface area contributed by atoms with Crippen molar-refractivity contribution in [1.29, 1.82) is 0 Å². The number of carbonyl (C=O) groups is 1. The van der Waals surface area contributed by atoms with E-state index in [9.17, 15) is 4.79 Å². The Bertz CT molecular complexity index is 524. The predicted octanol–water partition coefficient (Wildman–Crippen LogP) is 2.83. The summed E-state index contributed by atoms with van der Waals surface area (Å²) in [5.74, 6) is -0.0196. The fourth-order valence-electron chi connectivity index (χ4n) is 1.68. The lowest BCUT2D eigenvalue weighted by Crippen LogP contribution is -2.30. The molecule has 0 aliphatic carbocycles. The van der Waals surface area contributed by atoms with Gasteiger partial charge in [0.05, 0.1) is 12.2 Å². The van der Waals surface area contributed by atoms with Gasteiger partial charge >= 0.3 is 0 Å². The molecule has 0 radical (unpaired) electrons. The number of aromatic nitrogens is 2. The molecule has 0 aliphatic rings. The Morgan fingerprint density at radius 3 is 2.89 bits per heavy atom. The number of hydrogen-bond acceptors (Lipinski definition) is 2. The van der Waals surface area contributed by atoms with Crippen molar-refractivity contribution in [2.24, 2.45) is 0 Å². The number of nitrogens with zero attached hydrogens (tertiary/aromatic N) is 2. The van der Waals surface area contributed by atoms with Gasteiger partial charge in [-0.25, -0.2) is 0 Å². The normalized spacial score (nSPS) is 10.3. The van der Waals surface area contributed by atoms with Gasteiger partial charge in [-0.3, -0.25) is 9.78 Å². The van der Waals surface area contributed by atoms with Crippen molar-refractivity contribution in [3.8, 4) is 0 Å². The number of amides is 1. The number of H-pyrrole nitrogens is 1. The van der Waals surface area contributed by atoms with Gasteiger partial charge in [-0.05, 0) is 41.1 Å². The van der Waals surface area contributed by atoms with E-state index in [-0.39, 0.29) is 5.91 Å². The van der Waals surface area contributed by atoms with Crippen LogP contribution >= 0.6 is 15.9 Å². The van der Waals surface area contributed by atoms with Crippen LogP contribution in [0.15, 0.2) is 41.1 Å². The molecule has 2 aromatic rings. The molecule has 5 heteroatoms. The quantitative estimate of drug-likeness (QED) is 0.944. The van der Waals surface area contributed by atoms with Crippen molar-refractivity contribution in [2.45, 2.75) is 13.5 Å². The second kappa shape index (κ2) is 5.82. The van der Waals surface area contributed by atoms with Gasteiger partial charge < -0.3 is 9.88 Å². The second-order valence-electron chi connectivity index (χ2n) is 3.87. The highest BCUT2D eigenvalue weighted by Crippen LogP contribution is 2.13. The summed E-state index contributed by atoms with van der Waals surface area (Å²) in [6.45, 7) is 3.12. The van der Waals surface area contributed by atoms with Gasteiger partial charge in [-0.1, -0.05) is 6.07 Å². The van der Waals surface area contributed by atoms with Crippen LogP contribution in [0.1, 0.15) is 23.1 Å². The van der Waals surface area contributed by atoms with Crippen LogP contribution in [0.2, 0.25) is 0 Å². The molecule has 2 heterocycles. The van der Waals surface area contributed by atoms with E-state index >= 15 is 0 Å². The molecule has 0 aromatic carbocycles. The molecule has 0 unspecified atom stereocenters. The van der Waals surface area contributed by atoms with Gasteiger partial charge in [0.15, 0.2) is 0 Å². The van der Waals surface area contributed by atoms with Crippen LogP contribution in [0.3, 0.4) is 0 Å². The first-order chi connectivity index (χ1) is 8.70. The van der Waals surface area contributed by atoms with Crippen LogP contribution in [0.5, 0.6) is 0 Å². The Hall–Kier alpha value is -1.62. The van der Waals surface area contributed by atoms with Crippen molar-refractivity contribution in [3.63, 3.8) is 0 Å². The summed E-state index contributed by atoms with van der Waals surface area (Å²) >= 11 is 3.32. The summed E-state index contributed by atoms with van der Waals surface area (Å²) in [6, 6.07) is 7.49. The van der Waals surface area contributed by atoms with E-state index in [0.717, 1.165) is 10.2 Å². The zero-order chi connectivity index (χ0) is 13.0. The molecule has 0 fully saturated rings. The Labute approximate surface area is 114 Å². The lowest BCUT2D eigenvalue weighted by Gasteiger charge is -2.19. The van der Waals surface area contributed by atoms with Gasteiger partial charge in [0.1, 0.15) is 5.69 Å². The van der Waals surface area contributed by atoms with E-state index in [1.54, 1.807) is 23.4 Å². The Balaban J connectivity index is 2.12. The number of carbonyl (C=O) groups excluding carboxylic acids is 1. The minimum Gasteiger partial charge on any atom is -0.356 e. The largest absolute Gasteiger partial charge is 0.356 e. The van der Waals surface area contributed by atoms with E-state index in [0.29, 0.717) is 18.8 Å². The molecule has 0 saturated carbocycles. The van der Waals surface area contributed by atoms with Crippen molar-refractivity contribution in [2.75, 3.05) is 6.54 Å². The van der Waals surface area contributed by atoms with Crippen LogP contribution in [-0.2, 0) is 6.54 Å². The number of nitrogens with one attached hydrogen (secondary N) is 1. The standard InChI is InChI=1S/C13H14BrN3O/c1-2-17(9-11-5-3-4-6-15-11)13(18)12-7-10(14)8-16-12/h3-8,16H,2,9H2,1H3. The molecule has 0 atom stereocenters. The zero-order valence-electron chi connectivity index (χ0n) is 10.1. The zero-order valence-corrected chi connectivity index (χ0v) is 11.6. The topological polar surface area (TPSA) is 49.0 Å². The highest BCUT2D eigenvalue weighted by molar-refractivity contribution is 9.10. The first-order valence-electron chi connectivity index (χ1n) is 5.74. The molecule has 0 spiro atoms. The maximum atomic E-state index is 12.2. The lowest BCUT2D eigenvalue weighted by atomic mass is 10.3. The van der Waals surface area contributed by atoms with Gasteiger partial charge in [0, 0.05) is 23.4 Å². The smallest absolute Gasteiger partial charge is 0.270 e. The summed E-state index contributed by atoms with van der Waals surface area (Å²) in [6.07, 6.45) is 3.49. The van der Waals surface area contributed by atoms with Crippen LogP contribution in [0.25, 0.3) is 0 Å². The third-order valence-electron chi connectivity index (χ3n) is 2.63. The first kappa shape index (κ1) is 12.8. The van der Waals surface area contributed by atoms with Crippen LogP contribution in [0, 0.1) is 0 Å². The summed E-state index contributed by atoms with van der Waals surface area (Å²) in [4.78, 5) is 21.2. The van der Waals surface area contributed by atoms with E-state index in [4.69, 9.17) is 0 Å². The average molecular weight is 308 g/mol. The maximum absolute atomic E-state index is 12.2. The molecule has 18 heavy (non-hydrogen) atoms. The van der Waals surface area contributed by atoms with Gasteiger partial charge in [0.2, 0.25) is 0 Å². The predicted molar refractivity (Wildman–Crippen MR) is 73.1 cm³/mol. The Morgan fingerprint density at radius 1 is 1.50 bits per heavy atom. The fraction of sp³-hybridized carbons (Fsp3) is 0.231. The average Bonchev–Trinajstić information content (AvgIpc) is 2.83. The first-order valence-corrected chi connectivity index (χ1v) is 6.53. The number of hydrogen-bond donors (Lipinski definition) is 1. The highest BCUT2D eigenvalue weighted by atomic mass is 79.9. The van der Waals surface area contributed by atoms with Gasteiger partial charge in [-0.2, -0.15) is 0 Å². The molecule has 2 aromatic heterocycles. The highest BCUT2D eigenvalue weighted by Gasteiger charge is 2.16. The van der Waals surface area contributed by atoms with Crippen LogP contribution < -0.4 is 0 Å². The number of pyridine rings is 1. The lowest BCUT2D eigenvalue weighted by molar-refractivity contribution is 0.0745. The molecular formula is C13H14BrN3O. The van der Waals surface area contributed by atoms with Gasteiger partial charge in [-0.15, -0.1) is 0 Å². The van der Waals surface area contributed by atoms with E-state index in [1.165, 1.54) is 0 Å². The minimum absolute atomic E-state index is 0.0196. The monoisotopic (exact) mass is 307 g/mol. The van der Waals surface area contributed by atoms with Crippen molar-refractivity contribution < 1.29 is 4.79 Å². The van der Waals surface area contributed by atoms with Crippen molar-refractivity contribution in [3.05, 3.63) is 52.5 Å². The molecule has 0 saturated heterocycles. The van der Waals surface area contributed by atoms with Crippen LogP contribution in [-0.4, -0.2) is 27.3 Å². The summed E-state index contributed by atoms with van der Waals surface area (Å²) < 4.78 is 0.875. The summed E-state index contributed by atoms with van der Waals surface area (Å²) in [5.41, 5.74) is 1.47. The second-order valence-corrected chi connectivity index (χ2v) is 4.79. The number of rotatable bonds is 4. The molecule has 94 valence electrons. The Morgan fingerprint density at radius 2 is 2.33 bits per heavy atom. The van der Waals surface area contributed by atoms with E-state index < -0.39 is 0 Å². The molecule has 2 rings (SSSR count). The number of aromatic amines is 1. The summed E-state index contributed by atoms with van der Waals surface area (Å²) in [5, 5.41) is 0. The van der Waals surface area contributed by atoms with Crippen molar-refractivity contribution in [1.82, 2.24) is 14.9 Å². The summed E-state index contributed by atoms with van der Waals surface area (Å²) in [7, 11) is 0. The SMILES string of the molecule is CCN(Cc1ccccn1)C(=O)c1cc(Br)c[nH]1. The van der Waals surface area contributed by atoms with Gasteiger partial charge in [0.25, 0.3) is 5.91 Å². The Kier molecular flexibility index (Phi) is 4.15. The molecule has 0 bridgehead atoms. The molecule has 0 aliphatic heterocycles. The third-order valence-corrected chi connectivity index (χ3v) is 3.08. The maximum Gasteiger partial charge on any atom is 0.270 e. The minimum atomic E-state index is -0.0196. The molecular weight excluding hydrogens is 294 g/mol. The van der Waals surface area contributed by atoms with Crippen molar-refractivity contribution >= 4 is 21.8 Å². The molecule has 4 nitrogen and oxygen atoms in total.